The first-order chi connectivity index (χ1) is 9.76. The van der Waals surface area contributed by atoms with Crippen molar-refractivity contribution in [2.24, 2.45) is 0 Å². The highest BCUT2D eigenvalue weighted by Gasteiger charge is 2.33. The SMILES string of the molecule is CC(C)(C)OC(=O)N1CC[C@H]([S@](=O)c2ccc(Cl)nn2)C1. The van der Waals surface area contributed by atoms with Gasteiger partial charge in [-0.25, -0.2) is 4.79 Å². The predicted octanol–water partition coefficient (Wildman–Crippen LogP) is 2.25. The largest absolute Gasteiger partial charge is 0.444 e. The van der Waals surface area contributed by atoms with Crippen LogP contribution in [0.1, 0.15) is 27.2 Å². The van der Waals surface area contributed by atoms with Gasteiger partial charge < -0.3 is 9.64 Å². The Morgan fingerprint density at radius 2 is 2.14 bits per heavy atom. The molecule has 2 atom stereocenters. The van der Waals surface area contributed by atoms with Crippen molar-refractivity contribution < 1.29 is 13.7 Å². The zero-order chi connectivity index (χ0) is 15.6. The van der Waals surface area contributed by atoms with Gasteiger partial charge in [0.2, 0.25) is 0 Å². The topological polar surface area (TPSA) is 72.4 Å². The number of likely N-dealkylation sites (tertiary alicyclic amines) is 1. The fourth-order valence-corrected chi connectivity index (χ4v) is 3.38. The average Bonchev–Trinajstić information content (AvgIpc) is 2.86. The number of carbonyl (C=O) groups is 1. The molecule has 1 fully saturated rings. The number of rotatable bonds is 2. The molecule has 1 aliphatic heterocycles. The molecule has 0 saturated carbocycles. The summed E-state index contributed by atoms with van der Waals surface area (Å²) in [6, 6.07) is 3.16. The van der Waals surface area contributed by atoms with Crippen LogP contribution in [-0.2, 0) is 15.5 Å². The van der Waals surface area contributed by atoms with Gasteiger partial charge in [0, 0.05) is 13.1 Å². The molecule has 1 aromatic rings. The molecule has 21 heavy (non-hydrogen) atoms. The van der Waals surface area contributed by atoms with Crippen LogP contribution in [0, 0.1) is 0 Å². The third-order valence-corrected chi connectivity index (χ3v) is 4.73. The van der Waals surface area contributed by atoms with Gasteiger partial charge in [-0.05, 0) is 39.3 Å². The molecule has 1 amide bonds. The van der Waals surface area contributed by atoms with Crippen LogP contribution in [0.15, 0.2) is 17.2 Å². The van der Waals surface area contributed by atoms with Crippen molar-refractivity contribution in [2.75, 3.05) is 13.1 Å². The van der Waals surface area contributed by atoms with Crippen molar-refractivity contribution in [3.63, 3.8) is 0 Å². The number of carbonyl (C=O) groups excluding carboxylic acids is 1. The van der Waals surface area contributed by atoms with Crippen molar-refractivity contribution in [1.82, 2.24) is 15.1 Å². The van der Waals surface area contributed by atoms with Crippen LogP contribution in [0.4, 0.5) is 4.79 Å². The van der Waals surface area contributed by atoms with Gasteiger partial charge in [0.1, 0.15) is 10.6 Å². The van der Waals surface area contributed by atoms with Gasteiger partial charge in [0.25, 0.3) is 0 Å². The molecule has 0 unspecified atom stereocenters. The molecular formula is C13H18ClN3O3S. The highest BCUT2D eigenvalue weighted by atomic mass is 35.5. The van der Waals surface area contributed by atoms with Crippen LogP contribution in [0.25, 0.3) is 0 Å². The molecule has 1 aliphatic rings. The van der Waals surface area contributed by atoms with Crippen LogP contribution < -0.4 is 0 Å². The summed E-state index contributed by atoms with van der Waals surface area (Å²) < 4.78 is 17.7. The van der Waals surface area contributed by atoms with Gasteiger partial charge in [-0.1, -0.05) is 11.6 Å². The minimum absolute atomic E-state index is 0.159. The van der Waals surface area contributed by atoms with Gasteiger partial charge in [-0.2, -0.15) is 0 Å². The highest BCUT2D eigenvalue weighted by molar-refractivity contribution is 7.85. The second-order valence-electron chi connectivity index (χ2n) is 5.83. The lowest BCUT2D eigenvalue weighted by atomic mass is 10.2. The van der Waals surface area contributed by atoms with E-state index >= 15 is 0 Å². The van der Waals surface area contributed by atoms with Crippen LogP contribution in [0.2, 0.25) is 5.15 Å². The molecule has 2 heterocycles. The van der Waals surface area contributed by atoms with Crippen molar-refractivity contribution in [3.05, 3.63) is 17.3 Å². The van der Waals surface area contributed by atoms with E-state index in [9.17, 15) is 9.00 Å². The van der Waals surface area contributed by atoms with Crippen LogP contribution in [0.5, 0.6) is 0 Å². The van der Waals surface area contributed by atoms with Crippen LogP contribution >= 0.6 is 11.6 Å². The van der Waals surface area contributed by atoms with Gasteiger partial charge >= 0.3 is 6.09 Å². The van der Waals surface area contributed by atoms with Gasteiger partial charge in [0.15, 0.2) is 5.15 Å². The third kappa shape index (κ3) is 4.38. The molecule has 2 rings (SSSR count). The van der Waals surface area contributed by atoms with Gasteiger partial charge in [-0.15, -0.1) is 10.2 Å². The van der Waals surface area contributed by atoms with E-state index in [2.05, 4.69) is 10.2 Å². The quantitative estimate of drug-likeness (QED) is 0.831. The standard InChI is InChI=1S/C13H18ClN3O3S/c1-13(2,3)20-12(18)17-7-6-9(8-17)21(19)11-5-4-10(14)15-16-11/h4-5,9H,6-8H2,1-3H3/t9-,21-/m0/s1. The third-order valence-electron chi connectivity index (χ3n) is 2.91. The molecule has 0 aliphatic carbocycles. The summed E-state index contributed by atoms with van der Waals surface area (Å²) in [6.45, 7) is 6.39. The lowest BCUT2D eigenvalue weighted by Gasteiger charge is -2.24. The predicted molar refractivity (Wildman–Crippen MR) is 79.7 cm³/mol. The molecule has 1 saturated heterocycles. The summed E-state index contributed by atoms with van der Waals surface area (Å²) >= 11 is 5.66. The second kappa shape index (κ2) is 6.27. The smallest absolute Gasteiger partial charge is 0.410 e. The number of hydrogen-bond donors (Lipinski definition) is 0. The normalized spacial score (nSPS) is 20.4. The van der Waals surface area contributed by atoms with E-state index in [4.69, 9.17) is 16.3 Å². The van der Waals surface area contributed by atoms with E-state index in [1.165, 1.54) is 0 Å². The van der Waals surface area contributed by atoms with E-state index in [1.54, 1.807) is 17.0 Å². The molecule has 1 aromatic heterocycles. The summed E-state index contributed by atoms with van der Waals surface area (Å²) in [6.07, 6.45) is 0.278. The van der Waals surface area contributed by atoms with Crippen molar-refractivity contribution in [2.45, 2.75) is 43.1 Å². The van der Waals surface area contributed by atoms with Gasteiger partial charge in [0.05, 0.1) is 16.0 Å². The Morgan fingerprint density at radius 3 is 2.71 bits per heavy atom. The second-order valence-corrected chi connectivity index (χ2v) is 7.90. The number of amides is 1. The van der Waals surface area contributed by atoms with E-state index in [0.717, 1.165) is 0 Å². The number of nitrogens with zero attached hydrogens (tertiary/aromatic N) is 3. The van der Waals surface area contributed by atoms with Crippen molar-refractivity contribution in [1.29, 1.82) is 0 Å². The Labute approximate surface area is 131 Å². The first kappa shape index (κ1) is 16.2. The molecule has 116 valence electrons. The maximum Gasteiger partial charge on any atom is 0.410 e. The van der Waals surface area contributed by atoms with E-state index in [0.29, 0.717) is 24.5 Å². The maximum atomic E-state index is 12.4. The summed E-state index contributed by atoms with van der Waals surface area (Å²) in [5.41, 5.74) is -0.532. The Kier molecular flexibility index (Phi) is 4.83. The van der Waals surface area contributed by atoms with Crippen molar-refractivity contribution in [3.8, 4) is 0 Å². The first-order valence-corrected chi connectivity index (χ1v) is 8.23. The van der Waals surface area contributed by atoms with E-state index < -0.39 is 16.4 Å². The molecule has 6 nitrogen and oxygen atoms in total. The number of halogens is 1. The van der Waals surface area contributed by atoms with Gasteiger partial charge in [-0.3, -0.25) is 4.21 Å². The first-order valence-electron chi connectivity index (χ1n) is 6.64. The lowest BCUT2D eigenvalue weighted by Crippen LogP contribution is -2.36. The highest BCUT2D eigenvalue weighted by Crippen LogP contribution is 2.21. The van der Waals surface area contributed by atoms with Crippen LogP contribution in [0.3, 0.4) is 0 Å². The average molecular weight is 332 g/mol. The Hall–Kier alpha value is -1.21. The fraction of sp³-hybridized carbons (Fsp3) is 0.615. The molecule has 0 spiro atoms. The molecule has 0 radical (unpaired) electrons. The van der Waals surface area contributed by atoms with E-state index in [-0.39, 0.29) is 16.5 Å². The Bertz CT molecular complexity index is 545. The zero-order valence-corrected chi connectivity index (χ0v) is 13.8. The fourth-order valence-electron chi connectivity index (χ4n) is 1.98. The summed E-state index contributed by atoms with van der Waals surface area (Å²) in [5, 5.41) is 8.01. The molecule has 0 bridgehead atoms. The number of ether oxygens (including phenoxy) is 1. The molecule has 0 aromatic carbocycles. The van der Waals surface area contributed by atoms with E-state index in [1.807, 2.05) is 20.8 Å². The summed E-state index contributed by atoms with van der Waals surface area (Å²) in [4.78, 5) is 13.6. The molecular weight excluding hydrogens is 314 g/mol. The Balaban J connectivity index is 1.97. The van der Waals surface area contributed by atoms with Crippen LogP contribution in [-0.4, -0.2) is 49.3 Å². The summed E-state index contributed by atoms with van der Waals surface area (Å²) in [7, 11) is -1.31. The Morgan fingerprint density at radius 1 is 1.43 bits per heavy atom. The van der Waals surface area contributed by atoms with Crippen molar-refractivity contribution >= 4 is 28.5 Å². The number of aromatic nitrogens is 2. The minimum atomic E-state index is -1.31. The lowest BCUT2D eigenvalue weighted by molar-refractivity contribution is 0.0295. The monoisotopic (exact) mass is 331 g/mol. The molecule has 8 heteroatoms. The summed E-state index contributed by atoms with van der Waals surface area (Å²) in [5.74, 6) is 0. The number of hydrogen-bond acceptors (Lipinski definition) is 5. The zero-order valence-electron chi connectivity index (χ0n) is 12.2. The maximum absolute atomic E-state index is 12.4. The minimum Gasteiger partial charge on any atom is -0.444 e. The molecule has 0 N–H and O–H groups in total.